The largest absolute Gasteiger partial charge is 0.491 e. The number of hydrogen-bond donors (Lipinski definition) is 1. The van der Waals surface area contributed by atoms with Crippen LogP contribution in [0.15, 0.2) is 66.0 Å². The average molecular weight is 579 g/mol. The summed E-state index contributed by atoms with van der Waals surface area (Å²) in [4.78, 5) is 24.8. The number of halogens is 2. The van der Waals surface area contributed by atoms with Crippen molar-refractivity contribution in [1.29, 1.82) is 0 Å². The molecule has 1 fully saturated rings. The van der Waals surface area contributed by atoms with Gasteiger partial charge in [0.1, 0.15) is 24.3 Å². The minimum atomic E-state index is -1.50. The van der Waals surface area contributed by atoms with Crippen LogP contribution in [0.1, 0.15) is 11.4 Å². The van der Waals surface area contributed by atoms with Gasteiger partial charge in [0, 0.05) is 30.0 Å². The molecule has 0 unspecified atom stereocenters. The first kappa shape index (κ1) is 28.1. The van der Waals surface area contributed by atoms with E-state index in [0.717, 1.165) is 0 Å². The first-order valence-corrected chi connectivity index (χ1v) is 12.3. The van der Waals surface area contributed by atoms with E-state index in [9.17, 15) is 4.79 Å². The zero-order valence-corrected chi connectivity index (χ0v) is 22.3. The third-order valence-electron chi connectivity index (χ3n) is 5.77. The molecule has 0 aliphatic carbocycles. The number of hydrogen-bond acceptors (Lipinski definition) is 8. The maximum Gasteiger partial charge on any atom is 0.350 e. The Labute approximate surface area is 231 Å². The molecule has 2 atom stereocenters. The van der Waals surface area contributed by atoms with E-state index in [1.807, 2.05) is 29.0 Å². The fourth-order valence-electron chi connectivity index (χ4n) is 4.14. The molecule has 0 saturated carbocycles. The van der Waals surface area contributed by atoms with Crippen molar-refractivity contribution in [3.8, 4) is 11.4 Å². The lowest BCUT2D eigenvalue weighted by Gasteiger charge is -2.30. The summed E-state index contributed by atoms with van der Waals surface area (Å²) in [6.07, 6.45) is 4.88. The van der Waals surface area contributed by atoms with Crippen LogP contribution >= 0.6 is 23.2 Å². The molecule has 1 aliphatic heterocycles. The predicted octanol–water partition coefficient (Wildman–Crippen LogP) is 3.38. The number of aromatic nitrogens is 5. The second-order valence-electron chi connectivity index (χ2n) is 8.49. The molecule has 0 radical (unpaired) electrons. The van der Waals surface area contributed by atoms with Gasteiger partial charge >= 0.3 is 5.69 Å². The summed E-state index contributed by atoms with van der Waals surface area (Å²) in [5.41, 5.74) is 1.19. The molecule has 0 amide bonds. The first-order valence-electron chi connectivity index (χ1n) is 11.5. The minimum Gasteiger partial charge on any atom is -0.491 e. The standard InChI is InChI=1S/C24H23Cl2N5O4.HNO3/c1-16-28-29(2)23(32)31(16)18-4-6-19(7-5-18)33-12-20-13-34-24(35-20,14-30-10-9-27-15-30)21-8-3-17(25)11-22(21)26;2-1(3)4/h3-11,15,20H,12-14H2,1-2H3;(H,2,3,4)/t20-,24-;/m1./s1. The van der Waals surface area contributed by atoms with Crippen molar-refractivity contribution >= 4 is 23.2 Å². The highest BCUT2D eigenvalue weighted by Crippen LogP contribution is 2.40. The molecule has 13 nitrogen and oxygen atoms in total. The van der Waals surface area contributed by atoms with E-state index in [0.29, 0.717) is 46.0 Å². The second kappa shape index (κ2) is 11.9. The fourth-order valence-corrected chi connectivity index (χ4v) is 4.69. The highest BCUT2D eigenvalue weighted by atomic mass is 35.5. The first-order chi connectivity index (χ1) is 18.6. The van der Waals surface area contributed by atoms with Gasteiger partial charge in [-0.05, 0) is 43.3 Å². The molecule has 1 saturated heterocycles. The molecule has 1 aliphatic rings. The van der Waals surface area contributed by atoms with Crippen LogP contribution < -0.4 is 10.4 Å². The third kappa shape index (κ3) is 6.57. The van der Waals surface area contributed by atoms with E-state index in [1.54, 1.807) is 50.8 Å². The van der Waals surface area contributed by atoms with Crippen LogP contribution in [0.3, 0.4) is 0 Å². The van der Waals surface area contributed by atoms with Gasteiger partial charge in [0.2, 0.25) is 5.79 Å². The van der Waals surface area contributed by atoms with Crippen LogP contribution in [0.2, 0.25) is 10.0 Å². The Balaban J connectivity index is 0.000000826. The van der Waals surface area contributed by atoms with Crippen molar-refractivity contribution in [2.75, 3.05) is 13.2 Å². The normalized spacial score (nSPS) is 18.4. The van der Waals surface area contributed by atoms with Gasteiger partial charge in [0.25, 0.3) is 5.09 Å². The highest BCUT2D eigenvalue weighted by molar-refractivity contribution is 6.35. The van der Waals surface area contributed by atoms with Gasteiger partial charge in [0.05, 0.1) is 30.2 Å². The molecule has 39 heavy (non-hydrogen) atoms. The lowest BCUT2D eigenvalue weighted by Crippen LogP contribution is -2.34. The minimum absolute atomic E-state index is 0.206. The molecule has 2 aromatic carbocycles. The van der Waals surface area contributed by atoms with Gasteiger partial charge in [0.15, 0.2) is 0 Å². The molecule has 1 N–H and O–H groups in total. The van der Waals surface area contributed by atoms with Gasteiger partial charge in [-0.2, -0.15) is 5.10 Å². The Morgan fingerprint density at radius 2 is 1.97 bits per heavy atom. The molecule has 0 spiro atoms. The van der Waals surface area contributed by atoms with Gasteiger partial charge in [-0.25, -0.2) is 19.0 Å². The van der Waals surface area contributed by atoms with Crippen LogP contribution in [0.5, 0.6) is 5.75 Å². The van der Waals surface area contributed by atoms with Crippen molar-refractivity contribution < 1.29 is 24.5 Å². The maximum absolute atomic E-state index is 12.3. The molecule has 206 valence electrons. The molecular weight excluding hydrogens is 555 g/mol. The highest BCUT2D eigenvalue weighted by Gasteiger charge is 2.45. The smallest absolute Gasteiger partial charge is 0.350 e. The van der Waals surface area contributed by atoms with Crippen LogP contribution in [-0.4, -0.2) is 53.5 Å². The molecular formula is C24H24Cl2N6O7. The number of benzene rings is 2. The third-order valence-corrected chi connectivity index (χ3v) is 6.32. The van der Waals surface area contributed by atoms with Gasteiger partial charge in [-0.3, -0.25) is 0 Å². The van der Waals surface area contributed by atoms with Crippen molar-refractivity contribution in [2.24, 2.45) is 7.05 Å². The summed E-state index contributed by atoms with van der Waals surface area (Å²) >= 11 is 12.6. The zero-order valence-electron chi connectivity index (χ0n) is 20.8. The summed E-state index contributed by atoms with van der Waals surface area (Å²) in [6, 6.07) is 12.5. The Bertz CT molecular complexity index is 1490. The summed E-state index contributed by atoms with van der Waals surface area (Å²) in [5.74, 6) is 0.139. The quantitative estimate of drug-likeness (QED) is 0.257. The van der Waals surface area contributed by atoms with Crippen molar-refractivity contribution in [1.82, 2.24) is 23.9 Å². The summed E-state index contributed by atoms with van der Waals surface area (Å²) < 4.78 is 23.3. The van der Waals surface area contributed by atoms with Crippen LogP contribution in [-0.2, 0) is 28.9 Å². The van der Waals surface area contributed by atoms with Crippen molar-refractivity contribution in [3.05, 3.63) is 103 Å². The zero-order chi connectivity index (χ0) is 28.2. The van der Waals surface area contributed by atoms with Gasteiger partial charge in [-0.1, -0.05) is 29.3 Å². The molecule has 4 aromatic rings. The summed E-state index contributed by atoms with van der Waals surface area (Å²) in [7, 11) is 1.62. The second-order valence-corrected chi connectivity index (χ2v) is 9.34. The lowest BCUT2D eigenvalue weighted by molar-refractivity contribution is -0.742. The molecule has 3 heterocycles. The number of aryl methyl sites for hydroxylation is 2. The number of nitrogens with zero attached hydrogens (tertiary/aromatic N) is 6. The van der Waals surface area contributed by atoms with E-state index in [-0.39, 0.29) is 18.4 Å². The summed E-state index contributed by atoms with van der Waals surface area (Å²) in [5, 5.41) is 18.8. The monoisotopic (exact) mass is 578 g/mol. The fraction of sp³-hybridized carbons (Fsp3) is 0.292. The van der Waals surface area contributed by atoms with Crippen LogP contribution in [0, 0.1) is 17.0 Å². The number of imidazole rings is 1. The van der Waals surface area contributed by atoms with E-state index >= 15 is 0 Å². The Kier molecular flexibility index (Phi) is 8.55. The van der Waals surface area contributed by atoms with Gasteiger partial charge < -0.3 is 24.0 Å². The lowest BCUT2D eigenvalue weighted by atomic mass is 10.1. The summed E-state index contributed by atoms with van der Waals surface area (Å²) in [6.45, 7) is 2.73. The molecule has 2 aromatic heterocycles. The van der Waals surface area contributed by atoms with Crippen LogP contribution in [0.4, 0.5) is 0 Å². The van der Waals surface area contributed by atoms with Crippen molar-refractivity contribution in [3.63, 3.8) is 0 Å². The van der Waals surface area contributed by atoms with Crippen molar-refractivity contribution in [2.45, 2.75) is 25.4 Å². The Hall–Kier alpha value is -3.91. The van der Waals surface area contributed by atoms with E-state index in [1.165, 1.54) is 9.25 Å². The molecule has 0 bridgehead atoms. The Morgan fingerprint density at radius 3 is 2.56 bits per heavy atom. The van der Waals surface area contributed by atoms with Gasteiger partial charge in [-0.15, -0.1) is 10.1 Å². The van der Waals surface area contributed by atoms with E-state index in [4.69, 9.17) is 52.7 Å². The van der Waals surface area contributed by atoms with Crippen LogP contribution in [0.25, 0.3) is 5.69 Å². The predicted molar refractivity (Wildman–Crippen MR) is 139 cm³/mol. The average Bonchev–Trinajstić information content (AvgIpc) is 3.59. The Morgan fingerprint density at radius 1 is 1.26 bits per heavy atom. The number of ether oxygens (including phenoxy) is 3. The topological polar surface area (TPSA) is 149 Å². The molecule has 15 heteroatoms. The maximum atomic E-state index is 12.3. The SMILES string of the molecule is Cc1nn(C)c(=O)n1-c1ccc(OC[C@@H]2CO[C@@](Cn3ccnc3)(c3ccc(Cl)cc3Cl)O2)cc1.O=[N+]([O-])O. The van der Waals surface area contributed by atoms with E-state index < -0.39 is 10.9 Å². The number of rotatable bonds is 7. The molecule has 5 rings (SSSR count). The van der Waals surface area contributed by atoms with E-state index in [2.05, 4.69) is 10.1 Å².